The molecule has 0 spiro atoms. The van der Waals surface area contributed by atoms with Crippen LogP contribution in [0.15, 0.2) is 0 Å². The van der Waals surface area contributed by atoms with E-state index in [9.17, 15) is 0 Å². The Morgan fingerprint density at radius 2 is 2.25 bits per heavy atom. The third-order valence-corrected chi connectivity index (χ3v) is 1.35. The molecule has 1 unspecified atom stereocenters. The van der Waals surface area contributed by atoms with Gasteiger partial charge < -0.3 is 10.8 Å². The van der Waals surface area contributed by atoms with Crippen molar-refractivity contribution in [1.82, 2.24) is 0 Å². The largest absolute Gasteiger partial charge is 0.391 e. The maximum Gasteiger partial charge on any atom is 0.0752 e. The first kappa shape index (κ1) is 11.4. The fourth-order valence-electron chi connectivity index (χ4n) is 0.260. The lowest BCUT2D eigenvalue weighted by Gasteiger charge is -2.01. The second-order valence-electron chi connectivity index (χ2n) is 1.34. The second-order valence-corrected chi connectivity index (χ2v) is 2.26. The lowest BCUT2D eigenvalue weighted by molar-refractivity contribution is 0.208. The summed E-state index contributed by atoms with van der Waals surface area (Å²) in [6.45, 7) is 0.376. The summed E-state index contributed by atoms with van der Waals surface area (Å²) >= 11 is 1.60. The van der Waals surface area contributed by atoms with E-state index in [1.165, 1.54) is 0 Å². The zero-order chi connectivity index (χ0) is 5.70. The smallest absolute Gasteiger partial charge is 0.0752 e. The summed E-state index contributed by atoms with van der Waals surface area (Å²) in [5.41, 5.74) is 5.09. The Hall–Kier alpha value is 0.560. The fourth-order valence-corrected chi connectivity index (χ4v) is 0.781. The van der Waals surface area contributed by atoms with Crippen LogP contribution in [0.5, 0.6) is 0 Å². The third-order valence-electron chi connectivity index (χ3n) is 0.631. The minimum Gasteiger partial charge on any atom is -0.391 e. The second kappa shape index (κ2) is 7.56. The minimum absolute atomic E-state index is 0. The van der Waals surface area contributed by atoms with Crippen LogP contribution in [0.4, 0.5) is 0 Å². The molecule has 0 rings (SSSR count). The molecule has 0 aliphatic heterocycles. The van der Waals surface area contributed by atoms with Gasteiger partial charge in [-0.1, -0.05) is 0 Å². The van der Waals surface area contributed by atoms with Crippen LogP contribution >= 0.6 is 24.2 Å². The molecule has 0 saturated heterocycles. The highest BCUT2D eigenvalue weighted by Gasteiger charge is 1.95. The van der Waals surface area contributed by atoms with Crippen molar-refractivity contribution in [2.75, 3.05) is 18.6 Å². The molecule has 0 aliphatic rings. The van der Waals surface area contributed by atoms with Crippen molar-refractivity contribution in [3.05, 3.63) is 0 Å². The average Bonchev–Trinajstić information content (AvgIpc) is 1.68. The number of aliphatic hydroxyl groups excluding tert-OH is 1. The first-order chi connectivity index (χ1) is 3.31. The lowest BCUT2D eigenvalue weighted by atomic mass is 10.4. The third kappa shape index (κ3) is 6.56. The molecule has 0 bridgehead atoms. The normalized spacial score (nSPS) is 12.4. The molecule has 3 N–H and O–H groups in total. The molecular weight excluding hydrogens is 146 g/mol. The summed E-state index contributed by atoms with van der Waals surface area (Å²) in [5.74, 6) is 0.747. The SMILES string of the molecule is CSCC(O)CN.Cl. The van der Waals surface area contributed by atoms with Gasteiger partial charge in [-0.25, -0.2) is 0 Å². The van der Waals surface area contributed by atoms with Crippen molar-refractivity contribution in [2.45, 2.75) is 6.10 Å². The fraction of sp³-hybridized carbons (Fsp3) is 1.00. The first-order valence-electron chi connectivity index (χ1n) is 2.18. The monoisotopic (exact) mass is 157 g/mol. The highest BCUT2D eigenvalue weighted by molar-refractivity contribution is 7.98. The van der Waals surface area contributed by atoms with Gasteiger partial charge in [0.05, 0.1) is 6.10 Å². The first-order valence-corrected chi connectivity index (χ1v) is 3.57. The Morgan fingerprint density at radius 3 is 2.38 bits per heavy atom. The van der Waals surface area contributed by atoms with Gasteiger partial charge in [0.25, 0.3) is 0 Å². The van der Waals surface area contributed by atoms with E-state index in [-0.39, 0.29) is 18.5 Å². The van der Waals surface area contributed by atoms with Crippen molar-refractivity contribution in [1.29, 1.82) is 0 Å². The number of hydrogen-bond acceptors (Lipinski definition) is 3. The Balaban J connectivity index is 0. The number of hydrogen-bond donors (Lipinski definition) is 2. The van der Waals surface area contributed by atoms with Gasteiger partial charge in [-0.05, 0) is 6.26 Å². The van der Waals surface area contributed by atoms with Crippen LogP contribution in [0, 0.1) is 0 Å². The van der Waals surface area contributed by atoms with E-state index in [1.807, 2.05) is 6.26 Å². The summed E-state index contributed by atoms with van der Waals surface area (Å²) < 4.78 is 0. The average molecular weight is 158 g/mol. The van der Waals surface area contributed by atoms with Gasteiger partial charge in [0.2, 0.25) is 0 Å². The van der Waals surface area contributed by atoms with Gasteiger partial charge in [-0.15, -0.1) is 12.4 Å². The van der Waals surface area contributed by atoms with Gasteiger partial charge in [-0.3, -0.25) is 0 Å². The predicted octanol–water partition coefficient (Wildman–Crippen LogP) is 0.0908. The number of thioether (sulfide) groups is 1. The standard InChI is InChI=1S/C4H11NOS.ClH/c1-7-3-4(6)2-5;/h4,6H,2-3,5H2,1H3;1H. The van der Waals surface area contributed by atoms with Gasteiger partial charge in [0.1, 0.15) is 0 Å². The summed E-state index contributed by atoms with van der Waals surface area (Å²) in [5, 5.41) is 8.71. The van der Waals surface area contributed by atoms with Crippen LogP contribution in [0.2, 0.25) is 0 Å². The van der Waals surface area contributed by atoms with E-state index in [2.05, 4.69) is 0 Å². The molecule has 0 radical (unpaired) electrons. The molecule has 1 atom stereocenters. The molecular formula is C4H12ClNOS. The summed E-state index contributed by atoms with van der Waals surface area (Å²) in [7, 11) is 0. The van der Waals surface area contributed by atoms with Gasteiger partial charge in [0, 0.05) is 12.3 Å². The van der Waals surface area contributed by atoms with E-state index in [4.69, 9.17) is 10.8 Å². The van der Waals surface area contributed by atoms with E-state index < -0.39 is 0 Å². The Kier molecular flexibility index (Phi) is 10.7. The van der Waals surface area contributed by atoms with Crippen LogP contribution in [0.25, 0.3) is 0 Å². The van der Waals surface area contributed by atoms with Crippen LogP contribution in [0.1, 0.15) is 0 Å². The molecule has 0 aromatic carbocycles. The van der Waals surface area contributed by atoms with Crippen LogP contribution in [-0.4, -0.2) is 29.8 Å². The molecule has 4 heteroatoms. The molecule has 0 amide bonds. The van der Waals surface area contributed by atoms with Crippen LogP contribution < -0.4 is 5.73 Å². The topological polar surface area (TPSA) is 46.2 Å². The van der Waals surface area contributed by atoms with Crippen molar-refractivity contribution in [3.63, 3.8) is 0 Å². The van der Waals surface area contributed by atoms with Gasteiger partial charge in [-0.2, -0.15) is 11.8 Å². The number of halogens is 1. The lowest BCUT2D eigenvalue weighted by Crippen LogP contribution is -2.21. The molecule has 52 valence electrons. The zero-order valence-electron chi connectivity index (χ0n) is 4.83. The Labute approximate surface area is 60.2 Å². The van der Waals surface area contributed by atoms with Crippen molar-refractivity contribution >= 4 is 24.2 Å². The highest BCUT2D eigenvalue weighted by Crippen LogP contribution is 1.93. The van der Waals surface area contributed by atoms with Crippen LogP contribution in [0.3, 0.4) is 0 Å². The molecule has 0 aromatic rings. The number of rotatable bonds is 3. The van der Waals surface area contributed by atoms with E-state index in [0.29, 0.717) is 6.54 Å². The summed E-state index contributed by atoms with van der Waals surface area (Å²) in [6.07, 6.45) is 1.63. The number of aliphatic hydroxyl groups is 1. The quantitative estimate of drug-likeness (QED) is 0.611. The molecule has 0 saturated carbocycles. The maximum atomic E-state index is 8.71. The molecule has 0 fully saturated rings. The Bertz CT molecular complexity index is 47.0. The summed E-state index contributed by atoms with van der Waals surface area (Å²) in [4.78, 5) is 0. The molecule has 0 aromatic heterocycles. The highest BCUT2D eigenvalue weighted by atomic mass is 35.5. The van der Waals surface area contributed by atoms with Gasteiger partial charge in [0.15, 0.2) is 0 Å². The molecule has 8 heavy (non-hydrogen) atoms. The predicted molar refractivity (Wildman–Crippen MR) is 40.7 cm³/mol. The van der Waals surface area contributed by atoms with Crippen molar-refractivity contribution in [3.8, 4) is 0 Å². The summed E-state index contributed by atoms with van der Waals surface area (Å²) in [6, 6.07) is 0. The minimum atomic E-state index is -0.310. The Morgan fingerprint density at radius 1 is 1.75 bits per heavy atom. The number of nitrogens with two attached hydrogens (primary N) is 1. The van der Waals surface area contributed by atoms with E-state index in [0.717, 1.165) is 5.75 Å². The molecule has 0 aliphatic carbocycles. The molecule has 2 nitrogen and oxygen atoms in total. The van der Waals surface area contributed by atoms with E-state index >= 15 is 0 Å². The van der Waals surface area contributed by atoms with E-state index in [1.54, 1.807) is 11.8 Å². The van der Waals surface area contributed by atoms with Gasteiger partial charge >= 0.3 is 0 Å². The zero-order valence-corrected chi connectivity index (χ0v) is 6.47. The van der Waals surface area contributed by atoms with Crippen molar-refractivity contribution < 1.29 is 5.11 Å². The van der Waals surface area contributed by atoms with Crippen LogP contribution in [-0.2, 0) is 0 Å². The van der Waals surface area contributed by atoms with Crippen molar-refractivity contribution in [2.24, 2.45) is 5.73 Å². The molecule has 0 heterocycles. The maximum absolute atomic E-state index is 8.71.